The maximum absolute atomic E-state index is 11.3. The van der Waals surface area contributed by atoms with Gasteiger partial charge in [-0.1, -0.05) is 0 Å². The number of aliphatic hydroxyl groups excluding tert-OH is 15. The number of rotatable bonds is 12. The maximum Gasteiger partial charge on any atom is 0.187 e. The van der Waals surface area contributed by atoms with Crippen LogP contribution in [0.3, 0.4) is 0 Å². The average Bonchev–Trinajstić information content (AvgIpc) is 3.17. The van der Waals surface area contributed by atoms with Crippen LogP contribution in [0.1, 0.15) is 6.92 Å². The molecule has 0 saturated carbocycles. The van der Waals surface area contributed by atoms with Crippen molar-refractivity contribution < 1.29 is 119 Å². The van der Waals surface area contributed by atoms with Gasteiger partial charge in [-0.2, -0.15) is 0 Å². The molecule has 0 aromatic heterocycles. The quantitative estimate of drug-likeness (QED) is 0.0870. The third kappa shape index (κ3) is 9.11. The normalized spacial score (nSPS) is 53.9. The molecule has 5 saturated heterocycles. The van der Waals surface area contributed by atoms with Gasteiger partial charge in [-0.3, -0.25) is 0 Å². The van der Waals surface area contributed by atoms with Crippen LogP contribution in [0.4, 0.5) is 0 Å². The predicted octanol–water partition coefficient (Wildman–Crippen LogP) is -10.9. The second-order valence-electron chi connectivity index (χ2n) is 14.0. The minimum Gasteiger partial charge on any atom is -0.394 e. The van der Waals surface area contributed by atoms with Gasteiger partial charge in [0, 0.05) is 0 Å². The van der Waals surface area contributed by atoms with Crippen LogP contribution in [0.2, 0.25) is 0 Å². The maximum atomic E-state index is 11.3. The third-order valence-corrected chi connectivity index (χ3v) is 10.4. The van der Waals surface area contributed by atoms with Crippen LogP contribution < -0.4 is 5.73 Å². The summed E-state index contributed by atoms with van der Waals surface area (Å²) in [5.41, 5.74) is 6.42. The van der Waals surface area contributed by atoms with E-state index in [1.807, 2.05) is 0 Å². The Bertz CT molecular complexity index is 1200. The third-order valence-electron chi connectivity index (χ3n) is 10.4. The standard InChI is InChI=1S/C30H53NO24/c1-6-12(36)16(40)20(44)28(47-6)55-25-17(41)13(37)7(2-32)51-30(25)53-23-11(31)27(49-8(3-33)14(23)38)54-24-15(39)9(4-34)50-29(21(24)45)52-22-10(5-35)48-26(46)19(43)18(22)42/h6-30,32-46H,2-5,31H2,1H3/t6?,7?,8?,9?,10?,11?,12-,13-,14-,15?,16-,17-,18+,19?,20?,21?,22-,23+,24-,25?,26+,27?,28-,29-,30-/m0/s1. The molecule has 25 atom stereocenters. The summed E-state index contributed by atoms with van der Waals surface area (Å²) in [5.74, 6) is 0. The molecule has 12 unspecified atom stereocenters. The van der Waals surface area contributed by atoms with E-state index in [0.29, 0.717) is 0 Å². The monoisotopic (exact) mass is 811 g/mol. The zero-order valence-corrected chi connectivity index (χ0v) is 29.2. The highest BCUT2D eigenvalue weighted by atomic mass is 16.8. The van der Waals surface area contributed by atoms with Gasteiger partial charge < -0.3 is 125 Å². The molecule has 55 heavy (non-hydrogen) atoms. The zero-order valence-electron chi connectivity index (χ0n) is 29.2. The van der Waals surface area contributed by atoms with Crippen molar-refractivity contribution in [2.75, 3.05) is 26.4 Å². The molecule has 0 aromatic carbocycles. The van der Waals surface area contributed by atoms with Crippen LogP contribution in [-0.2, 0) is 42.6 Å². The topological polar surface area (TPSA) is 413 Å². The lowest BCUT2D eigenvalue weighted by Crippen LogP contribution is -2.69. The number of hydrogen-bond acceptors (Lipinski definition) is 25. The van der Waals surface area contributed by atoms with Crippen LogP contribution in [0, 0.1) is 0 Å². The Balaban J connectivity index is 1.37. The highest BCUT2D eigenvalue weighted by molar-refractivity contribution is 4.99. The molecule has 322 valence electrons. The number of ether oxygens (including phenoxy) is 9. The van der Waals surface area contributed by atoms with Gasteiger partial charge in [0.2, 0.25) is 0 Å². The Hall–Kier alpha value is -1.00. The van der Waals surface area contributed by atoms with Crippen molar-refractivity contribution >= 4 is 0 Å². The SMILES string of the molecule is CC1O[C@@H](OC2[C@H](O[C@@H]3C(N)C(O[C@H]4C(O)C(CO)O[C@@H](O[C@H]5C(CO)O[C@@H](O)C(O)[C@H]5O)C4O)OC(CO)[C@@H]3O)OC(CO)[C@H](O)[C@@H]2O)C(O)[C@@H](O)[C@H]1O. The molecule has 0 aliphatic carbocycles. The van der Waals surface area contributed by atoms with Crippen molar-refractivity contribution in [1.82, 2.24) is 0 Å². The molecular weight excluding hydrogens is 758 g/mol. The lowest BCUT2D eigenvalue weighted by Gasteiger charge is -2.50. The molecule has 5 heterocycles. The summed E-state index contributed by atoms with van der Waals surface area (Å²) >= 11 is 0. The van der Waals surface area contributed by atoms with Crippen LogP contribution in [-0.4, -0.2) is 256 Å². The van der Waals surface area contributed by atoms with Crippen LogP contribution in [0.25, 0.3) is 0 Å². The van der Waals surface area contributed by atoms with Crippen molar-refractivity contribution in [3.8, 4) is 0 Å². The van der Waals surface area contributed by atoms with E-state index in [-0.39, 0.29) is 0 Å². The van der Waals surface area contributed by atoms with Gasteiger partial charge in [0.25, 0.3) is 0 Å². The van der Waals surface area contributed by atoms with Crippen molar-refractivity contribution in [3.05, 3.63) is 0 Å². The summed E-state index contributed by atoms with van der Waals surface area (Å²) in [5, 5.41) is 156. The van der Waals surface area contributed by atoms with Gasteiger partial charge in [0.15, 0.2) is 31.5 Å². The average molecular weight is 812 g/mol. The first kappa shape index (κ1) is 45.1. The predicted molar refractivity (Wildman–Crippen MR) is 167 cm³/mol. The summed E-state index contributed by atoms with van der Waals surface area (Å²) < 4.78 is 50.3. The zero-order chi connectivity index (χ0) is 40.6. The fourth-order valence-electron chi connectivity index (χ4n) is 7.00. The number of aliphatic hydroxyl groups is 15. The first-order chi connectivity index (χ1) is 26.0. The smallest absolute Gasteiger partial charge is 0.187 e. The van der Waals surface area contributed by atoms with Crippen molar-refractivity contribution in [1.29, 1.82) is 0 Å². The minimum atomic E-state index is -2.04. The van der Waals surface area contributed by atoms with E-state index in [1.165, 1.54) is 6.92 Å². The van der Waals surface area contributed by atoms with E-state index < -0.39 is 180 Å². The Morgan fingerprint density at radius 3 is 1.44 bits per heavy atom. The number of hydrogen-bond donors (Lipinski definition) is 16. The van der Waals surface area contributed by atoms with Gasteiger partial charge in [0.05, 0.1) is 38.6 Å². The van der Waals surface area contributed by atoms with E-state index in [1.54, 1.807) is 0 Å². The highest BCUT2D eigenvalue weighted by Gasteiger charge is 2.56. The Morgan fingerprint density at radius 2 is 0.836 bits per heavy atom. The van der Waals surface area contributed by atoms with Gasteiger partial charge in [0.1, 0.15) is 110 Å². The molecule has 0 radical (unpaired) electrons. The molecule has 25 heteroatoms. The lowest BCUT2D eigenvalue weighted by molar-refractivity contribution is -0.389. The first-order valence-electron chi connectivity index (χ1n) is 17.6. The molecule has 5 aliphatic heterocycles. The van der Waals surface area contributed by atoms with Crippen molar-refractivity contribution in [2.45, 2.75) is 160 Å². The lowest BCUT2D eigenvalue weighted by atomic mass is 9.94. The summed E-state index contributed by atoms with van der Waals surface area (Å²) in [7, 11) is 0. The molecule has 5 aliphatic rings. The van der Waals surface area contributed by atoms with E-state index in [9.17, 15) is 76.6 Å². The van der Waals surface area contributed by atoms with Crippen LogP contribution >= 0.6 is 0 Å². The molecule has 5 rings (SSSR count). The number of nitrogens with two attached hydrogens (primary N) is 1. The van der Waals surface area contributed by atoms with Gasteiger partial charge in [-0.25, -0.2) is 0 Å². The van der Waals surface area contributed by atoms with Gasteiger partial charge >= 0.3 is 0 Å². The molecular formula is C30H53NO24. The van der Waals surface area contributed by atoms with Crippen molar-refractivity contribution in [3.63, 3.8) is 0 Å². The Kier molecular flexibility index (Phi) is 15.5. The van der Waals surface area contributed by atoms with Crippen molar-refractivity contribution in [2.24, 2.45) is 5.73 Å². The van der Waals surface area contributed by atoms with Gasteiger partial charge in [-0.15, -0.1) is 0 Å². The molecule has 5 fully saturated rings. The highest BCUT2D eigenvalue weighted by Crippen LogP contribution is 2.35. The summed E-state index contributed by atoms with van der Waals surface area (Å²) in [6.45, 7) is -2.19. The molecule has 25 nitrogen and oxygen atoms in total. The van der Waals surface area contributed by atoms with Gasteiger partial charge in [-0.05, 0) is 6.92 Å². The second-order valence-corrected chi connectivity index (χ2v) is 14.0. The second kappa shape index (κ2) is 18.9. The fourth-order valence-corrected chi connectivity index (χ4v) is 7.00. The van der Waals surface area contributed by atoms with E-state index in [2.05, 4.69) is 0 Å². The fraction of sp³-hybridized carbons (Fsp3) is 1.00. The largest absolute Gasteiger partial charge is 0.394 e. The summed E-state index contributed by atoms with van der Waals surface area (Å²) in [6.07, 6.45) is -42.1. The molecule has 0 aromatic rings. The van der Waals surface area contributed by atoms with E-state index >= 15 is 0 Å². The van der Waals surface area contributed by atoms with Crippen LogP contribution in [0.5, 0.6) is 0 Å². The summed E-state index contributed by atoms with van der Waals surface area (Å²) in [4.78, 5) is 0. The first-order valence-corrected chi connectivity index (χ1v) is 17.6. The van der Waals surface area contributed by atoms with E-state index in [0.717, 1.165) is 0 Å². The summed E-state index contributed by atoms with van der Waals surface area (Å²) in [6, 6.07) is -1.66. The molecule has 0 spiro atoms. The van der Waals surface area contributed by atoms with E-state index in [4.69, 9.17) is 48.4 Å². The minimum absolute atomic E-state index is 0.846. The molecule has 17 N–H and O–H groups in total. The molecule has 0 bridgehead atoms. The molecule has 0 amide bonds. The Labute approximate surface area is 312 Å². The Morgan fingerprint density at radius 1 is 0.382 bits per heavy atom. The van der Waals surface area contributed by atoms with Crippen LogP contribution in [0.15, 0.2) is 0 Å².